The van der Waals surface area contributed by atoms with Gasteiger partial charge in [0.2, 0.25) is 5.91 Å². The number of nitrogens with one attached hydrogen (secondary N) is 2. The number of carbonyl (C=O) groups excluding carboxylic acids is 1. The SMILES string of the molecule is O=C(CNC1(c2ccc(F)cc2)CCOCC1)NC(c1ccc(F)cc1)C1CCCC1. The third kappa shape index (κ3) is 5.31. The number of halogens is 2. The van der Waals surface area contributed by atoms with E-state index < -0.39 is 5.54 Å². The maximum absolute atomic E-state index is 13.4. The fourth-order valence-electron chi connectivity index (χ4n) is 4.96. The van der Waals surface area contributed by atoms with Crippen molar-refractivity contribution in [2.24, 2.45) is 5.92 Å². The minimum Gasteiger partial charge on any atom is -0.381 e. The van der Waals surface area contributed by atoms with Gasteiger partial charge in [0.15, 0.2) is 0 Å². The van der Waals surface area contributed by atoms with E-state index in [4.69, 9.17) is 4.74 Å². The molecule has 0 spiro atoms. The van der Waals surface area contributed by atoms with E-state index in [0.717, 1.165) is 49.7 Å². The molecule has 4 nitrogen and oxygen atoms in total. The van der Waals surface area contributed by atoms with Crippen molar-refractivity contribution < 1.29 is 18.3 Å². The van der Waals surface area contributed by atoms with Gasteiger partial charge in [-0.25, -0.2) is 8.78 Å². The first-order valence-electron chi connectivity index (χ1n) is 11.2. The first kappa shape index (κ1) is 21.9. The predicted octanol–water partition coefficient (Wildman–Crippen LogP) is 4.61. The lowest BCUT2D eigenvalue weighted by Crippen LogP contribution is -2.50. The van der Waals surface area contributed by atoms with Crippen LogP contribution < -0.4 is 10.6 Å². The Balaban J connectivity index is 1.46. The molecule has 1 saturated heterocycles. The van der Waals surface area contributed by atoms with Crippen molar-refractivity contribution in [1.82, 2.24) is 10.6 Å². The Bertz CT molecular complexity index is 858. The van der Waals surface area contributed by atoms with Crippen LogP contribution >= 0.6 is 0 Å². The van der Waals surface area contributed by atoms with Crippen LogP contribution in [0.5, 0.6) is 0 Å². The lowest BCUT2D eigenvalue weighted by atomic mass is 9.82. The van der Waals surface area contributed by atoms with Gasteiger partial charge in [-0.15, -0.1) is 0 Å². The molecule has 1 aliphatic carbocycles. The normalized spacial score (nSPS) is 19.8. The zero-order valence-electron chi connectivity index (χ0n) is 17.7. The molecular weight excluding hydrogens is 398 g/mol. The van der Waals surface area contributed by atoms with Gasteiger partial charge >= 0.3 is 0 Å². The van der Waals surface area contributed by atoms with Crippen LogP contribution in [0.1, 0.15) is 55.7 Å². The van der Waals surface area contributed by atoms with Crippen LogP contribution in [0, 0.1) is 17.6 Å². The molecule has 0 bridgehead atoms. The molecule has 1 amide bonds. The first-order chi connectivity index (χ1) is 15.1. The second kappa shape index (κ2) is 9.88. The number of benzene rings is 2. The highest BCUT2D eigenvalue weighted by molar-refractivity contribution is 5.78. The summed E-state index contributed by atoms with van der Waals surface area (Å²) in [6, 6.07) is 12.8. The molecule has 31 heavy (non-hydrogen) atoms. The van der Waals surface area contributed by atoms with Crippen molar-refractivity contribution in [3.63, 3.8) is 0 Å². The van der Waals surface area contributed by atoms with Crippen molar-refractivity contribution in [2.75, 3.05) is 19.8 Å². The number of carbonyl (C=O) groups is 1. The zero-order chi connectivity index (χ0) is 21.7. The fraction of sp³-hybridized carbons (Fsp3) is 0.480. The summed E-state index contributed by atoms with van der Waals surface area (Å²) in [7, 11) is 0. The van der Waals surface area contributed by atoms with E-state index in [0.29, 0.717) is 19.1 Å². The molecule has 1 aliphatic heterocycles. The predicted molar refractivity (Wildman–Crippen MR) is 115 cm³/mol. The van der Waals surface area contributed by atoms with E-state index in [-0.39, 0.29) is 30.1 Å². The van der Waals surface area contributed by atoms with Crippen molar-refractivity contribution in [3.05, 3.63) is 71.3 Å². The topological polar surface area (TPSA) is 50.4 Å². The molecule has 166 valence electrons. The van der Waals surface area contributed by atoms with E-state index >= 15 is 0 Å². The summed E-state index contributed by atoms with van der Waals surface area (Å²) >= 11 is 0. The Kier molecular flexibility index (Phi) is 6.98. The Morgan fingerprint density at radius 3 is 2.16 bits per heavy atom. The van der Waals surface area contributed by atoms with Crippen molar-refractivity contribution >= 4 is 5.91 Å². The Labute approximate surface area is 182 Å². The third-order valence-electron chi connectivity index (χ3n) is 6.75. The van der Waals surface area contributed by atoms with E-state index in [9.17, 15) is 13.6 Å². The van der Waals surface area contributed by atoms with Gasteiger partial charge in [-0.3, -0.25) is 10.1 Å². The fourth-order valence-corrected chi connectivity index (χ4v) is 4.96. The maximum atomic E-state index is 13.4. The molecule has 2 N–H and O–H groups in total. The summed E-state index contributed by atoms with van der Waals surface area (Å²) in [6.07, 6.45) is 5.87. The van der Waals surface area contributed by atoms with Gasteiger partial charge < -0.3 is 10.1 Å². The molecule has 1 heterocycles. The van der Waals surface area contributed by atoms with Gasteiger partial charge in [0.25, 0.3) is 0 Å². The first-order valence-corrected chi connectivity index (χ1v) is 11.2. The molecule has 6 heteroatoms. The Morgan fingerprint density at radius 2 is 1.55 bits per heavy atom. The van der Waals surface area contributed by atoms with Crippen molar-refractivity contribution in [3.8, 4) is 0 Å². The highest BCUT2D eigenvalue weighted by Gasteiger charge is 2.35. The average Bonchev–Trinajstić information content (AvgIpc) is 3.33. The molecule has 4 rings (SSSR count). The van der Waals surface area contributed by atoms with Gasteiger partial charge in [0, 0.05) is 18.8 Å². The van der Waals surface area contributed by atoms with Crippen LogP contribution in [0.4, 0.5) is 8.78 Å². The zero-order valence-corrected chi connectivity index (χ0v) is 17.7. The molecule has 1 unspecified atom stereocenters. The number of amides is 1. The second-order valence-electron chi connectivity index (χ2n) is 8.70. The Hall–Kier alpha value is -2.31. The van der Waals surface area contributed by atoms with E-state index in [2.05, 4.69) is 10.6 Å². The minimum absolute atomic E-state index is 0.0887. The lowest BCUT2D eigenvalue weighted by Gasteiger charge is -2.39. The standard InChI is InChI=1S/C25H30F2N2O2/c26-21-9-5-19(6-10-21)24(18-3-1-2-4-18)29-23(30)17-28-25(13-15-31-16-14-25)20-7-11-22(27)12-8-20/h5-12,18,24,28H,1-4,13-17H2,(H,29,30). The Morgan fingerprint density at radius 1 is 0.968 bits per heavy atom. The van der Waals surface area contributed by atoms with Gasteiger partial charge in [-0.2, -0.15) is 0 Å². The molecule has 0 radical (unpaired) electrons. The summed E-state index contributed by atoms with van der Waals surface area (Å²) in [5, 5.41) is 6.65. The quantitative estimate of drug-likeness (QED) is 0.677. The van der Waals surface area contributed by atoms with Crippen molar-refractivity contribution in [2.45, 2.75) is 50.1 Å². The number of rotatable bonds is 7. The highest BCUT2D eigenvalue weighted by atomic mass is 19.1. The molecule has 1 saturated carbocycles. The van der Waals surface area contributed by atoms with Crippen LogP contribution in [-0.4, -0.2) is 25.7 Å². The van der Waals surface area contributed by atoms with Crippen LogP contribution in [0.25, 0.3) is 0 Å². The minimum atomic E-state index is -0.415. The number of ether oxygens (including phenoxy) is 1. The maximum Gasteiger partial charge on any atom is 0.234 e. The molecule has 2 aromatic carbocycles. The average molecular weight is 429 g/mol. The van der Waals surface area contributed by atoms with E-state index in [1.165, 1.54) is 24.3 Å². The van der Waals surface area contributed by atoms with Gasteiger partial charge in [0.05, 0.1) is 12.6 Å². The van der Waals surface area contributed by atoms with Gasteiger partial charge in [-0.05, 0) is 67.0 Å². The lowest BCUT2D eigenvalue weighted by molar-refractivity contribution is -0.122. The van der Waals surface area contributed by atoms with Gasteiger partial charge in [0.1, 0.15) is 11.6 Å². The summed E-state index contributed by atoms with van der Waals surface area (Å²) in [5.41, 5.74) is 1.50. The molecular formula is C25H30F2N2O2. The molecule has 1 atom stereocenters. The third-order valence-corrected chi connectivity index (χ3v) is 6.75. The molecule has 0 aromatic heterocycles. The number of hydrogen-bond acceptors (Lipinski definition) is 3. The largest absolute Gasteiger partial charge is 0.381 e. The highest BCUT2D eigenvalue weighted by Crippen LogP contribution is 2.36. The monoisotopic (exact) mass is 428 g/mol. The van der Waals surface area contributed by atoms with Crippen LogP contribution in [0.3, 0.4) is 0 Å². The van der Waals surface area contributed by atoms with Crippen LogP contribution in [0.2, 0.25) is 0 Å². The van der Waals surface area contributed by atoms with E-state index in [1.54, 1.807) is 24.3 Å². The summed E-state index contributed by atoms with van der Waals surface area (Å²) in [4.78, 5) is 13.0. The summed E-state index contributed by atoms with van der Waals surface area (Å²) in [6.45, 7) is 1.33. The van der Waals surface area contributed by atoms with Crippen LogP contribution in [0.15, 0.2) is 48.5 Å². The number of hydrogen-bond donors (Lipinski definition) is 2. The summed E-state index contributed by atoms with van der Waals surface area (Å²) < 4.78 is 32.4. The van der Waals surface area contributed by atoms with Gasteiger partial charge in [-0.1, -0.05) is 37.1 Å². The van der Waals surface area contributed by atoms with Crippen LogP contribution in [-0.2, 0) is 15.1 Å². The van der Waals surface area contributed by atoms with E-state index in [1.807, 2.05) is 0 Å². The smallest absolute Gasteiger partial charge is 0.234 e. The van der Waals surface area contributed by atoms with Crippen molar-refractivity contribution in [1.29, 1.82) is 0 Å². The molecule has 2 fully saturated rings. The second-order valence-corrected chi connectivity index (χ2v) is 8.70. The molecule has 2 aromatic rings. The molecule has 2 aliphatic rings. The summed E-state index contributed by atoms with van der Waals surface area (Å²) in [5.74, 6) is -0.275.